The van der Waals surface area contributed by atoms with Crippen LogP contribution in [-0.4, -0.2) is 35.5 Å². The maximum atomic E-state index is 12.4. The van der Waals surface area contributed by atoms with Crippen molar-refractivity contribution in [2.45, 2.75) is 25.8 Å². The zero-order chi connectivity index (χ0) is 14.3. The van der Waals surface area contributed by atoms with E-state index in [2.05, 4.69) is 0 Å². The number of carboxylic acid groups (broad SMARTS) is 1. The van der Waals surface area contributed by atoms with Crippen molar-refractivity contribution in [3.63, 3.8) is 0 Å². The molecule has 0 bridgehead atoms. The smallest absolute Gasteiger partial charge is 0.319 e. The molecule has 1 aromatic rings. The largest absolute Gasteiger partial charge is 0.497 e. The van der Waals surface area contributed by atoms with Gasteiger partial charge in [-0.1, -0.05) is 6.07 Å². The Morgan fingerprint density at radius 1 is 1.30 bits per heavy atom. The van der Waals surface area contributed by atoms with Crippen LogP contribution < -0.4 is 4.74 Å². The molecule has 1 aliphatic heterocycles. The second-order valence-electron chi connectivity index (χ2n) is 5.50. The molecule has 0 aromatic heterocycles. The zero-order valence-corrected chi connectivity index (χ0v) is 11.4. The van der Waals surface area contributed by atoms with E-state index in [1.807, 2.05) is 18.2 Å². The van der Waals surface area contributed by atoms with Crippen LogP contribution in [0.25, 0.3) is 0 Å². The van der Waals surface area contributed by atoms with E-state index in [4.69, 9.17) is 4.74 Å². The van der Waals surface area contributed by atoms with E-state index >= 15 is 0 Å². The topological polar surface area (TPSA) is 66.8 Å². The van der Waals surface area contributed by atoms with Crippen LogP contribution in [0.4, 0.5) is 0 Å². The molecule has 2 aliphatic rings. The van der Waals surface area contributed by atoms with Gasteiger partial charge in [0.15, 0.2) is 0 Å². The zero-order valence-electron chi connectivity index (χ0n) is 11.4. The van der Waals surface area contributed by atoms with Gasteiger partial charge >= 0.3 is 5.97 Å². The van der Waals surface area contributed by atoms with Gasteiger partial charge in [0.25, 0.3) is 0 Å². The van der Waals surface area contributed by atoms with E-state index in [0.717, 1.165) is 17.7 Å². The molecule has 0 spiro atoms. The van der Waals surface area contributed by atoms with E-state index in [9.17, 15) is 14.7 Å². The summed E-state index contributed by atoms with van der Waals surface area (Å²) in [4.78, 5) is 25.3. The van der Waals surface area contributed by atoms with Crippen LogP contribution in [-0.2, 0) is 22.6 Å². The Bertz CT molecular complexity index is 577. The lowest BCUT2D eigenvalue weighted by Crippen LogP contribution is -2.43. The second-order valence-corrected chi connectivity index (χ2v) is 5.50. The number of carbonyl (C=O) groups excluding carboxylic acids is 1. The Morgan fingerprint density at radius 2 is 2.05 bits per heavy atom. The molecule has 0 saturated heterocycles. The third kappa shape index (κ3) is 1.94. The molecular weight excluding hydrogens is 258 g/mol. The highest BCUT2D eigenvalue weighted by atomic mass is 16.5. The third-order valence-electron chi connectivity index (χ3n) is 4.28. The molecule has 0 radical (unpaired) electrons. The summed E-state index contributed by atoms with van der Waals surface area (Å²) in [5.74, 6) is -0.463. The van der Waals surface area contributed by atoms with Gasteiger partial charge in [0.1, 0.15) is 11.2 Å². The lowest BCUT2D eigenvalue weighted by atomic mass is 9.97. The number of aliphatic carboxylic acids is 1. The predicted molar refractivity (Wildman–Crippen MR) is 71.4 cm³/mol. The van der Waals surface area contributed by atoms with Crippen LogP contribution in [0, 0.1) is 5.41 Å². The van der Waals surface area contributed by atoms with Crippen molar-refractivity contribution in [1.82, 2.24) is 4.90 Å². The number of benzene rings is 1. The quantitative estimate of drug-likeness (QED) is 0.848. The van der Waals surface area contributed by atoms with Crippen LogP contribution in [0.15, 0.2) is 18.2 Å². The highest BCUT2D eigenvalue weighted by Crippen LogP contribution is 2.48. The van der Waals surface area contributed by atoms with Crippen molar-refractivity contribution in [2.24, 2.45) is 5.41 Å². The summed E-state index contributed by atoms with van der Waals surface area (Å²) < 4.78 is 5.20. The van der Waals surface area contributed by atoms with Gasteiger partial charge in [-0.15, -0.1) is 0 Å². The normalized spacial score (nSPS) is 19.1. The lowest BCUT2D eigenvalue weighted by Gasteiger charge is -2.31. The first-order valence-electron chi connectivity index (χ1n) is 6.75. The molecule has 1 aromatic carbocycles. The number of hydrogen-bond donors (Lipinski definition) is 1. The van der Waals surface area contributed by atoms with Crippen LogP contribution in [0.1, 0.15) is 24.0 Å². The van der Waals surface area contributed by atoms with Crippen molar-refractivity contribution >= 4 is 11.9 Å². The minimum atomic E-state index is -1.14. The number of hydrogen-bond acceptors (Lipinski definition) is 3. The molecule has 1 heterocycles. The Kier molecular flexibility index (Phi) is 2.92. The highest BCUT2D eigenvalue weighted by Gasteiger charge is 2.58. The molecule has 1 fully saturated rings. The molecule has 0 unspecified atom stereocenters. The van der Waals surface area contributed by atoms with E-state index in [0.29, 0.717) is 25.9 Å². The molecule has 1 aliphatic carbocycles. The minimum Gasteiger partial charge on any atom is -0.497 e. The number of amides is 1. The van der Waals surface area contributed by atoms with Crippen molar-refractivity contribution in [1.29, 1.82) is 0 Å². The SMILES string of the molecule is COc1ccc2c(c1)CN(C(=O)C1(C(=O)O)CC1)CC2. The van der Waals surface area contributed by atoms with Crippen molar-refractivity contribution in [3.8, 4) is 5.75 Å². The minimum absolute atomic E-state index is 0.238. The van der Waals surface area contributed by atoms with Gasteiger partial charge in [-0.3, -0.25) is 9.59 Å². The molecule has 1 saturated carbocycles. The van der Waals surface area contributed by atoms with Gasteiger partial charge in [-0.2, -0.15) is 0 Å². The molecule has 20 heavy (non-hydrogen) atoms. The van der Waals surface area contributed by atoms with Crippen LogP contribution in [0.3, 0.4) is 0 Å². The van der Waals surface area contributed by atoms with E-state index in [1.54, 1.807) is 12.0 Å². The fraction of sp³-hybridized carbons (Fsp3) is 0.467. The van der Waals surface area contributed by atoms with Gasteiger partial charge in [0.2, 0.25) is 5.91 Å². The Balaban J connectivity index is 1.81. The maximum absolute atomic E-state index is 12.4. The highest BCUT2D eigenvalue weighted by molar-refractivity contribution is 6.04. The summed E-state index contributed by atoms with van der Waals surface area (Å²) in [6.07, 6.45) is 1.69. The Morgan fingerprint density at radius 3 is 2.65 bits per heavy atom. The van der Waals surface area contributed by atoms with Crippen LogP contribution >= 0.6 is 0 Å². The standard InChI is InChI=1S/C15H17NO4/c1-20-12-3-2-10-4-7-16(9-11(10)8-12)13(17)15(5-6-15)14(18)19/h2-3,8H,4-7,9H2,1H3,(H,18,19). The summed E-state index contributed by atoms with van der Waals surface area (Å²) in [6, 6.07) is 5.85. The molecule has 1 N–H and O–H groups in total. The first kappa shape index (κ1) is 13.0. The monoisotopic (exact) mass is 275 g/mol. The lowest BCUT2D eigenvalue weighted by molar-refractivity contribution is -0.153. The van der Waals surface area contributed by atoms with Crippen LogP contribution in [0.5, 0.6) is 5.75 Å². The van der Waals surface area contributed by atoms with E-state index < -0.39 is 11.4 Å². The van der Waals surface area contributed by atoms with Crippen molar-refractivity contribution in [3.05, 3.63) is 29.3 Å². The first-order valence-corrected chi connectivity index (χ1v) is 6.75. The number of methoxy groups -OCH3 is 1. The molecule has 1 amide bonds. The molecule has 5 nitrogen and oxygen atoms in total. The predicted octanol–water partition coefficient (Wildman–Crippen LogP) is 1.44. The number of carbonyl (C=O) groups is 2. The summed E-state index contributed by atoms with van der Waals surface area (Å²) in [7, 11) is 1.61. The van der Waals surface area contributed by atoms with Gasteiger partial charge in [0, 0.05) is 13.1 Å². The number of carboxylic acids is 1. The summed E-state index contributed by atoms with van der Waals surface area (Å²) in [5.41, 5.74) is 1.11. The number of fused-ring (bicyclic) bond motifs is 1. The Hall–Kier alpha value is -2.04. The fourth-order valence-electron chi connectivity index (χ4n) is 2.78. The number of nitrogens with zero attached hydrogens (tertiary/aromatic N) is 1. The number of rotatable bonds is 3. The molecule has 106 valence electrons. The maximum Gasteiger partial charge on any atom is 0.319 e. The number of ether oxygens (including phenoxy) is 1. The second kappa shape index (κ2) is 4.51. The van der Waals surface area contributed by atoms with E-state index in [-0.39, 0.29) is 5.91 Å². The van der Waals surface area contributed by atoms with Gasteiger partial charge in [-0.25, -0.2) is 0 Å². The van der Waals surface area contributed by atoms with Gasteiger partial charge in [-0.05, 0) is 42.5 Å². The van der Waals surface area contributed by atoms with E-state index in [1.165, 1.54) is 5.56 Å². The molecule has 3 rings (SSSR count). The van der Waals surface area contributed by atoms with Gasteiger partial charge < -0.3 is 14.7 Å². The fourth-order valence-corrected chi connectivity index (χ4v) is 2.78. The van der Waals surface area contributed by atoms with Gasteiger partial charge in [0.05, 0.1) is 7.11 Å². The Labute approximate surface area is 117 Å². The molecule has 0 atom stereocenters. The first-order chi connectivity index (χ1) is 9.56. The molecular formula is C15H17NO4. The third-order valence-corrected chi connectivity index (χ3v) is 4.28. The van der Waals surface area contributed by atoms with Crippen LogP contribution in [0.2, 0.25) is 0 Å². The summed E-state index contributed by atoms with van der Waals surface area (Å²) in [6.45, 7) is 1.06. The van der Waals surface area contributed by atoms with Crippen molar-refractivity contribution < 1.29 is 19.4 Å². The average Bonchev–Trinajstić information content (AvgIpc) is 3.27. The average molecular weight is 275 g/mol. The summed E-state index contributed by atoms with van der Waals surface area (Å²) in [5, 5.41) is 9.21. The summed E-state index contributed by atoms with van der Waals surface area (Å²) >= 11 is 0. The van der Waals surface area contributed by atoms with Crippen molar-refractivity contribution in [2.75, 3.05) is 13.7 Å². The molecule has 5 heteroatoms.